The van der Waals surface area contributed by atoms with Crippen LogP contribution in [0.4, 0.5) is 0 Å². The lowest BCUT2D eigenvalue weighted by Crippen LogP contribution is -2.40. The van der Waals surface area contributed by atoms with Crippen LogP contribution in [0, 0.1) is 11.8 Å². The lowest BCUT2D eigenvalue weighted by Gasteiger charge is -2.21. The molecular weight excluding hydrogens is 210 g/mol. The Kier molecular flexibility index (Phi) is 7.85. The van der Waals surface area contributed by atoms with E-state index in [0.717, 1.165) is 19.3 Å². The SMILES string of the molecule is CCC(CC)C(=O)NC(CCl)CC(C)C. The fraction of sp³-hybridized carbons (Fsp3) is 0.917. The highest BCUT2D eigenvalue weighted by Crippen LogP contribution is 2.11. The van der Waals surface area contributed by atoms with Crippen LogP contribution in [-0.4, -0.2) is 17.8 Å². The van der Waals surface area contributed by atoms with E-state index in [4.69, 9.17) is 11.6 Å². The number of hydrogen-bond acceptors (Lipinski definition) is 1. The number of carbonyl (C=O) groups excluding carboxylic acids is 1. The molecule has 0 spiro atoms. The van der Waals surface area contributed by atoms with Gasteiger partial charge in [0.25, 0.3) is 0 Å². The highest BCUT2D eigenvalue weighted by molar-refractivity contribution is 6.18. The number of hydrogen-bond donors (Lipinski definition) is 1. The molecule has 15 heavy (non-hydrogen) atoms. The van der Waals surface area contributed by atoms with Crippen LogP contribution in [0.1, 0.15) is 47.0 Å². The minimum Gasteiger partial charge on any atom is -0.352 e. The van der Waals surface area contributed by atoms with E-state index in [1.807, 2.05) is 13.8 Å². The number of nitrogens with one attached hydrogen (secondary N) is 1. The monoisotopic (exact) mass is 233 g/mol. The van der Waals surface area contributed by atoms with Gasteiger partial charge in [0.2, 0.25) is 5.91 Å². The summed E-state index contributed by atoms with van der Waals surface area (Å²) < 4.78 is 0. The Labute approximate surface area is 98.8 Å². The Morgan fingerprint density at radius 1 is 1.27 bits per heavy atom. The predicted molar refractivity (Wildman–Crippen MR) is 66.2 cm³/mol. The number of amides is 1. The molecule has 1 unspecified atom stereocenters. The summed E-state index contributed by atoms with van der Waals surface area (Å²) in [5, 5.41) is 3.03. The maximum Gasteiger partial charge on any atom is 0.223 e. The maximum atomic E-state index is 11.8. The summed E-state index contributed by atoms with van der Waals surface area (Å²) in [6, 6.07) is 0.125. The van der Waals surface area contributed by atoms with Crippen LogP contribution in [0.25, 0.3) is 0 Å². The first-order chi connectivity index (χ1) is 7.04. The van der Waals surface area contributed by atoms with Gasteiger partial charge in [-0.2, -0.15) is 0 Å². The first kappa shape index (κ1) is 14.8. The molecule has 0 bridgehead atoms. The fourth-order valence-electron chi connectivity index (χ4n) is 1.71. The highest BCUT2D eigenvalue weighted by atomic mass is 35.5. The first-order valence-electron chi connectivity index (χ1n) is 5.91. The molecule has 0 saturated heterocycles. The highest BCUT2D eigenvalue weighted by Gasteiger charge is 2.18. The Balaban J connectivity index is 4.10. The van der Waals surface area contributed by atoms with Gasteiger partial charge in [0, 0.05) is 17.8 Å². The normalized spacial score (nSPS) is 13.3. The van der Waals surface area contributed by atoms with Crippen LogP contribution >= 0.6 is 11.6 Å². The molecule has 1 atom stereocenters. The van der Waals surface area contributed by atoms with Crippen LogP contribution in [0.3, 0.4) is 0 Å². The Morgan fingerprint density at radius 3 is 2.13 bits per heavy atom. The predicted octanol–water partition coefficient (Wildman–Crippen LogP) is 3.19. The number of rotatable bonds is 7. The van der Waals surface area contributed by atoms with Gasteiger partial charge in [-0.3, -0.25) is 4.79 Å². The Morgan fingerprint density at radius 2 is 1.80 bits per heavy atom. The zero-order chi connectivity index (χ0) is 11.8. The van der Waals surface area contributed by atoms with Gasteiger partial charge < -0.3 is 5.32 Å². The average Bonchev–Trinajstić information content (AvgIpc) is 2.17. The van der Waals surface area contributed by atoms with E-state index in [9.17, 15) is 4.79 Å². The zero-order valence-electron chi connectivity index (χ0n) is 10.3. The van der Waals surface area contributed by atoms with Gasteiger partial charge in [0.05, 0.1) is 0 Å². The third-order valence-corrected chi connectivity index (χ3v) is 3.02. The molecule has 0 aliphatic heterocycles. The molecule has 0 aromatic rings. The molecule has 1 N–H and O–H groups in total. The molecule has 0 heterocycles. The quantitative estimate of drug-likeness (QED) is 0.673. The van der Waals surface area contributed by atoms with Gasteiger partial charge in [-0.1, -0.05) is 27.7 Å². The van der Waals surface area contributed by atoms with Crippen molar-refractivity contribution < 1.29 is 4.79 Å². The number of alkyl halides is 1. The van der Waals surface area contributed by atoms with Crippen LogP contribution < -0.4 is 5.32 Å². The van der Waals surface area contributed by atoms with E-state index in [1.54, 1.807) is 0 Å². The molecular formula is C12H24ClNO. The maximum absolute atomic E-state index is 11.8. The minimum atomic E-state index is 0.125. The van der Waals surface area contributed by atoms with E-state index in [-0.39, 0.29) is 17.9 Å². The third kappa shape index (κ3) is 6.03. The lowest BCUT2D eigenvalue weighted by atomic mass is 10.0. The molecule has 3 heteroatoms. The van der Waals surface area contributed by atoms with Gasteiger partial charge >= 0.3 is 0 Å². The van der Waals surface area contributed by atoms with Crippen molar-refractivity contribution >= 4 is 17.5 Å². The van der Waals surface area contributed by atoms with Crippen molar-refractivity contribution in [2.75, 3.05) is 5.88 Å². The molecule has 0 aromatic carbocycles. The summed E-state index contributed by atoms with van der Waals surface area (Å²) in [5.41, 5.74) is 0. The van der Waals surface area contributed by atoms with Crippen molar-refractivity contribution in [1.29, 1.82) is 0 Å². The van der Waals surface area contributed by atoms with Crippen molar-refractivity contribution in [2.45, 2.75) is 53.0 Å². The minimum absolute atomic E-state index is 0.125. The summed E-state index contributed by atoms with van der Waals surface area (Å²) in [6.07, 6.45) is 2.76. The number of halogens is 1. The lowest BCUT2D eigenvalue weighted by molar-refractivity contribution is -0.125. The van der Waals surface area contributed by atoms with Gasteiger partial charge in [-0.05, 0) is 25.2 Å². The Hall–Kier alpha value is -0.240. The first-order valence-corrected chi connectivity index (χ1v) is 6.44. The molecule has 0 saturated carbocycles. The smallest absolute Gasteiger partial charge is 0.223 e. The van der Waals surface area contributed by atoms with Gasteiger partial charge in [0.15, 0.2) is 0 Å². The van der Waals surface area contributed by atoms with Crippen LogP contribution in [-0.2, 0) is 4.79 Å². The molecule has 2 nitrogen and oxygen atoms in total. The van der Waals surface area contributed by atoms with Crippen molar-refractivity contribution in [1.82, 2.24) is 5.32 Å². The third-order valence-electron chi connectivity index (χ3n) is 2.64. The molecule has 0 radical (unpaired) electrons. The molecule has 0 aliphatic rings. The van der Waals surface area contributed by atoms with Crippen molar-refractivity contribution in [2.24, 2.45) is 11.8 Å². The second-order valence-corrected chi connectivity index (χ2v) is 4.81. The summed E-state index contributed by atoms with van der Waals surface area (Å²) in [6.45, 7) is 8.38. The largest absolute Gasteiger partial charge is 0.352 e. The van der Waals surface area contributed by atoms with E-state index in [2.05, 4.69) is 19.2 Å². The summed E-state index contributed by atoms with van der Waals surface area (Å²) in [7, 11) is 0. The molecule has 0 aliphatic carbocycles. The van der Waals surface area contributed by atoms with E-state index < -0.39 is 0 Å². The van der Waals surface area contributed by atoms with Crippen LogP contribution in [0.5, 0.6) is 0 Å². The van der Waals surface area contributed by atoms with Crippen molar-refractivity contribution in [3.05, 3.63) is 0 Å². The Bertz CT molecular complexity index is 178. The summed E-state index contributed by atoms with van der Waals surface area (Å²) in [4.78, 5) is 11.8. The van der Waals surface area contributed by atoms with Gasteiger partial charge in [-0.15, -0.1) is 11.6 Å². The summed E-state index contributed by atoms with van der Waals surface area (Å²) >= 11 is 5.83. The molecule has 90 valence electrons. The molecule has 0 aromatic heterocycles. The second-order valence-electron chi connectivity index (χ2n) is 4.50. The number of carbonyl (C=O) groups is 1. The van der Waals surface area contributed by atoms with Crippen LogP contribution in [0.15, 0.2) is 0 Å². The fourth-order valence-corrected chi connectivity index (χ4v) is 1.91. The van der Waals surface area contributed by atoms with E-state index in [0.29, 0.717) is 11.8 Å². The van der Waals surface area contributed by atoms with Crippen molar-refractivity contribution in [3.8, 4) is 0 Å². The van der Waals surface area contributed by atoms with Crippen molar-refractivity contribution in [3.63, 3.8) is 0 Å². The van der Waals surface area contributed by atoms with Gasteiger partial charge in [0.1, 0.15) is 0 Å². The average molecular weight is 234 g/mol. The molecule has 0 rings (SSSR count). The molecule has 0 fully saturated rings. The van der Waals surface area contributed by atoms with Gasteiger partial charge in [-0.25, -0.2) is 0 Å². The van der Waals surface area contributed by atoms with E-state index >= 15 is 0 Å². The van der Waals surface area contributed by atoms with Crippen LogP contribution in [0.2, 0.25) is 0 Å². The zero-order valence-corrected chi connectivity index (χ0v) is 11.1. The standard InChI is InChI=1S/C12H24ClNO/c1-5-10(6-2)12(15)14-11(8-13)7-9(3)4/h9-11H,5-8H2,1-4H3,(H,14,15). The second kappa shape index (κ2) is 7.98. The topological polar surface area (TPSA) is 29.1 Å². The molecule has 1 amide bonds. The summed E-state index contributed by atoms with van der Waals surface area (Å²) in [5.74, 6) is 1.37. The van der Waals surface area contributed by atoms with E-state index in [1.165, 1.54) is 0 Å².